The third-order valence-electron chi connectivity index (χ3n) is 6.21. The van der Waals surface area contributed by atoms with Crippen LogP contribution >= 0.6 is 11.3 Å². The molecule has 158 valence electrons. The minimum atomic E-state index is -0.636. The van der Waals surface area contributed by atoms with Gasteiger partial charge in [0.25, 0.3) is 5.56 Å². The van der Waals surface area contributed by atoms with Crippen molar-refractivity contribution in [2.24, 2.45) is 0 Å². The van der Waals surface area contributed by atoms with Crippen LogP contribution < -0.4 is 10.9 Å². The number of nitrogens with zero attached hydrogens (tertiary/aromatic N) is 2. The van der Waals surface area contributed by atoms with Gasteiger partial charge in [-0.15, -0.1) is 11.3 Å². The minimum absolute atomic E-state index is 0.0842. The lowest BCUT2D eigenvalue weighted by Gasteiger charge is -2.20. The third kappa shape index (κ3) is 3.47. The average molecular weight is 424 g/mol. The Hall–Kier alpha value is -2.47. The molecule has 2 heterocycles. The van der Waals surface area contributed by atoms with E-state index in [9.17, 15) is 9.59 Å². The molecule has 2 aromatic heterocycles. The van der Waals surface area contributed by atoms with Gasteiger partial charge in [0.05, 0.1) is 5.39 Å². The van der Waals surface area contributed by atoms with E-state index in [1.54, 1.807) is 22.8 Å². The predicted octanol–water partition coefficient (Wildman–Crippen LogP) is 4.97. The Morgan fingerprint density at radius 1 is 1.20 bits per heavy atom. The van der Waals surface area contributed by atoms with Crippen molar-refractivity contribution in [2.45, 2.75) is 72.3 Å². The van der Waals surface area contributed by atoms with E-state index in [1.165, 1.54) is 11.3 Å². The molecule has 1 N–H and O–H groups in total. The molecule has 4 rings (SSSR count). The highest BCUT2D eigenvalue weighted by Crippen LogP contribution is 2.34. The van der Waals surface area contributed by atoms with Gasteiger partial charge in [0.2, 0.25) is 5.91 Å². The van der Waals surface area contributed by atoms with Crippen LogP contribution in [0.2, 0.25) is 0 Å². The van der Waals surface area contributed by atoms with Gasteiger partial charge in [0.1, 0.15) is 16.7 Å². The molecule has 0 radical (unpaired) electrons. The van der Waals surface area contributed by atoms with Crippen molar-refractivity contribution in [3.63, 3.8) is 0 Å². The van der Waals surface area contributed by atoms with Gasteiger partial charge in [-0.3, -0.25) is 14.2 Å². The summed E-state index contributed by atoms with van der Waals surface area (Å²) in [7, 11) is 0. The first-order chi connectivity index (χ1) is 14.5. The zero-order valence-electron chi connectivity index (χ0n) is 18.2. The number of aromatic nitrogens is 2. The number of anilines is 1. The first-order valence-corrected chi connectivity index (χ1v) is 11.7. The summed E-state index contributed by atoms with van der Waals surface area (Å²) in [5, 5.41) is 3.84. The lowest BCUT2D eigenvalue weighted by molar-refractivity contribution is -0.118. The van der Waals surface area contributed by atoms with Gasteiger partial charge in [0, 0.05) is 10.6 Å². The van der Waals surface area contributed by atoms with E-state index in [1.807, 2.05) is 25.1 Å². The molecule has 0 bridgehead atoms. The van der Waals surface area contributed by atoms with Gasteiger partial charge in [-0.2, -0.15) is 0 Å². The van der Waals surface area contributed by atoms with Crippen molar-refractivity contribution in [3.05, 3.63) is 55.9 Å². The summed E-state index contributed by atoms with van der Waals surface area (Å²) in [4.78, 5) is 33.5. The predicted molar refractivity (Wildman–Crippen MR) is 124 cm³/mol. The summed E-state index contributed by atoms with van der Waals surface area (Å²) in [5.41, 5.74) is 4.18. The fourth-order valence-corrected chi connectivity index (χ4v) is 5.82. The highest BCUT2D eigenvalue weighted by atomic mass is 32.1. The molecule has 1 aliphatic carbocycles. The van der Waals surface area contributed by atoms with Gasteiger partial charge in [-0.1, -0.05) is 32.0 Å². The molecule has 1 unspecified atom stereocenters. The second-order valence-electron chi connectivity index (χ2n) is 8.05. The van der Waals surface area contributed by atoms with Crippen molar-refractivity contribution >= 4 is 33.1 Å². The van der Waals surface area contributed by atoms with E-state index in [-0.39, 0.29) is 11.5 Å². The Morgan fingerprint density at radius 2 is 1.87 bits per heavy atom. The average Bonchev–Trinajstić information content (AvgIpc) is 3.11. The van der Waals surface area contributed by atoms with Gasteiger partial charge in [-0.05, 0) is 69.1 Å². The summed E-state index contributed by atoms with van der Waals surface area (Å²) < 4.78 is 1.57. The number of carbonyl (C=O) groups excluding carboxylic acids is 1. The van der Waals surface area contributed by atoms with E-state index in [2.05, 4.69) is 19.2 Å². The zero-order valence-corrected chi connectivity index (χ0v) is 19.0. The Morgan fingerprint density at radius 3 is 2.53 bits per heavy atom. The van der Waals surface area contributed by atoms with E-state index < -0.39 is 6.04 Å². The number of fused-ring (bicyclic) bond motifs is 3. The lowest BCUT2D eigenvalue weighted by Crippen LogP contribution is -2.34. The number of carbonyl (C=O) groups is 1. The molecule has 30 heavy (non-hydrogen) atoms. The molecule has 0 aliphatic heterocycles. The van der Waals surface area contributed by atoms with Crippen LogP contribution in [0.4, 0.5) is 5.69 Å². The number of para-hydroxylation sites is 1. The van der Waals surface area contributed by atoms with Crippen LogP contribution in [0.25, 0.3) is 10.2 Å². The molecule has 1 aliphatic rings. The topological polar surface area (TPSA) is 64.0 Å². The molecule has 5 nitrogen and oxygen atoms in total. The molecule has 1 amide bonds. The summed E-state index contributed by atoms with van der Waals surface area (Å²) >= 11 is 1.64. The first kappa shape index (κ1) is 20.8. The third-order valence-corrected chi connectivity index (χ3v) is 7.40. The maximum absolute atomic E-state index is 13.5. The summed E-state index contributed by atoms with van der Waals surface area (Å²) in [6.45, 7) is 7.77. The summed E-state index contributed by atoms with van der Waals surface area (Å²) in [6, 6.07) is 5.48. The monoisotopic (exact) mass is 423 g/mol. The Balaban J connectivity index is 1.74. The molecular formula is C24H29N3O2S. The van der Waals surface area contributed by atoms with Gasteiger partial charge in [0.15, 0.2) is 0 Å². The normalized spacial score (nSPS) is 14.5. The zero-order chi connectivity index (χ0) is 21.4. The van der Waals surface area contributed by atoms with E-state index in [0.29, 0.717) is 5.82 Å². The molecule has 1 atom stereocenters. The maximum atomic E-state index is 13.5. The molecular weight excluding hydrogens is 394 g/mol. The van der Waals surface area contributed by atoms with Crippen LogP contribution in [0.1, 0.15) is 67.0 Å². The number of benzene rings is 1. The molecule has 1 aromatic carbocycles. The second kappa shape index (κ2) is 8.34. The summed E-state index contributed by atoms with van der Waals surface area (Å²) in [5.74, 6) is 0.411. The van der Waals surface area contributed by atoms with E-state index >= 15 is 0 Å². The van der Waals surface area contributed by atoms with Gasteiger partial charge >= 0.3 is 0 Å². The van der Waals surface area contributed by atoms with E-state index in [4.69, 9.17) is 4.98 Å². The quantitative estimate of drug-likeness (QED) is 0.630. The van der Waals surface area contributed by atoms with Crippen molar-refractivity contribution in [1.82, 2.24) is 9.55 Å². The number of amides is 1. The van der Waals surface area contributed by atoms with E-state index in [0.717, 1.165) is 64.7 Å². The number of aryl methyl sites for hydroxylation is 5. The molecule has 0 spiro atoms. The van der Waals surface area contributed by atoms with Crippen LogP contribution in [-0.2, 0) is 30.5 Å². The van der Waals surface area contributed by atoms with Crippen molar-refractivity contribution in [1.29, 1.82) is 0 Å². The van der Waals surface area contributed by atoms with Crippen LogP contribution in [0.3, 0.4) is 0 Å². The minimum Gasteiger partial charge on any atom is -0.324 e. The van der Waals surface area contributed by atoms with Crippen LogP contribution in [0.15, 0.2) is 23.0 Å². The molecule has 0 saturated carbocycles. The second-order valence-corrected chi connectivity index (χ2v) is 9.13. The van der Waals surface area contributed by atoms with Crippen LogP contribution in [-0.4, -0.2) is 15.5 Å². The van der Waals surface area contributed by atoms with Gasteiger partial charge < -0.3 is 5.32 Å². The summed E-state index contributed by atoms with van der Waals surface area (Å²) in [6.07, 6.45) is 5.91. The van der Waals surface area contributed by atoms with Crippen molar-refractivity contribution < 1.29 is 4.79 Å². The molecule has 0 fully saturated rings. The maximum Gasteiger partial charge on any atom is 0.263 e. The molecule has 0 saturated heterocycles. The van der Waals surface area contributed by atoms with Gasteiger partial charge in [-0.25, -0.2) is 4.98 Å². The Bertz CT molecular complexity index is 1150. The first-order valence-electron chi connectivity index (χ1n) is 10.9. The number of thiophene rings is 1. The largest absolute Gasteiger partial charge is 0.324 e. The van der Waals surface area contributed by atoms with Crippen LogP contribution in [0.5, 0.6) is 0 Å². The smallest absolute Gasteiger partial charge is 0.263 e. The van der Waals surface area contributed by atoms with Crippen molar-refractivity contribution in [2.75, 3.05) is 5.32 Å². The molecule has 6 heteroatoms. The number of hydrogen-bond donors (Lipinski definition) is 1. The Labute approximate surface area is 181 Å². The fourth-order valence-electron chi connectivity index (χ4n) is 4.52. The Kier molecular flexibility index (Phi) is 5.78. The van der Waals surface area contributed by atoms with Crippen molar-refractivity contribution in [3.8, 4) is 0 Å². The SMILES string of the molecule is CCc1cccc(CC)c1NC(=O)C(C)n1c(C)nc2sc3c(c2c1=O)CCCC3. The number of hydrogen-bond acceptors (Lipinski definition) is 4. The standard InChI is InChI=1S/C24H29N3O2S/c1-5-16-10-9-11-17(6-2)21(16)26-22(28)14(3)27-15(4)25-23-20(24(27)29)18-12-7-8-13-19(18)30-23/h9-11,14H,5-8,12-13H2,1-4H3,(H,26,28). The highest BCUT2D eigenvalue weighted by molar-refractivity contribution is 7.18. The number of rotatable bonds is 5. The highest BCUT2D eigenvalue weighted by Gasteiger charge is 2.25. The fraction of sp³-hybridized carbons (Fsp3) is 0.458. The molecule has 3 aromatic rings. The van der Waals surface area contributed by atoms with Crippen LogP contribution in [0, 0.1) is 6.92 Å². The lowest BCUT2D eigenvalue weighted by atomic mass is 9.97. The number of nitrogens with one attached hydrogen (secondary N) is 1.